The average Bonchev–Trinajstić information content (AvgIpc) is 1.97. The Morgan fingerprint density at radius 2 is 2.08 bits per heavy atom. The number of benzene rings is 1. The van der Waals surface area contributed by atoms with Crippen molar-refractivity contribution in [3.05, 3.63) is 32.6 Å². The molecule has 0 spiro atoms. The fraction of sp³-hybridized carbons (Fsp3) is 0.333. The summed E-state index contributed by atoms with van der Waals surface area (Å²) in [6.07, 6.45) is 0. The molecule has 0 bridgehead atoms. The smallest absolute Gasteiger partial charge is 0.131 e. The lowest BCUT2D eigenvalue weighted by Crippen LogP contribution is -2.10. The van der Waals surface area contributed by atoms with Crippen LogP contribution in [-0.4, -0.2) is 0 Å². The van der Waals surface area contributed by atoms with Crippen LogP contribution >= 0.6 is 22.6 Å². The summed E-state index contributed by atoms with van der Waals surface area (Å²) in [5.74, 6) is -0.170. The van der Waals surface area contributed by atoms with Crippen molar-refractivity contribution < 1.29 is 4.39 Å². The molecular formula is C9H11FIN. The molecule has 2 N–H and O–H groups in total. The highest BCUT2D eigenvalue weighted by atomic mass is 127. The van der Waals surface area contributed by atoms with E-state index in [1.165, 1.54) is 0 Å². The Labute approximate surface area is 85.3 Å². The van der Waals surface area contributed by atoms with E-state index in [0.717, 1.165) is 3.57 Å². The third kappa shape index (κ3) is 1.77. The summed E-state index contributed by atoms with van der Waals surface area (Å²) in [4.78, 5) is 0. The predicted octanol–water partition coefficient (Wildman–Crippen LogP) is 2.76. The molecule has 1 unspecified atom stereocenters. The Morgan fingerprint density at radius 1 is 1.50 bits per heavy atom. The Kier molecular flexibility index (Phi) is 3.06. The largest absolute Gasteiger partial charge is 0.324 e. The lowest BCUT2D eigenvalue weighted by molar-refractivity contribution is 0.583. The summed E-state index contributed by atoms with van der Waals surface area (Å²) >= 11 is 2.10. The first-order valence-electron chi connectivity index (χ1n) is 3.74. The van der Waals surface area contributed by atoms with Crippen molar-refractivity contribution in [3.63, 3.8) is 0 Å². The van der Waals surface area contributed by atoms with E-state index in [4.69, 9.17) is 5.73 Å². The zero-order valence-corrected chi connectivity index (χ0v) is 9.22. The summed E-state index contributed by atoms with van der Waals surface area (Å²) < 4.78 is 14.3. The van der Waals surface area contributed by atoms with E-state index in [9.17, 15) is 4.39 Å². The van der Waals surface area contributed by atoms with Crippen molar-refractivity contribution in [2.24, 2.45) is 5.73 Å². The van der Waals surface area contributed by atoms with Gasteiger partial charge in [0.05, 0.1) is 0 Å². The molecule has 0 aromatic heterocycles. The third-order valence-electron chi connectivity index (χ3n) is 1.77. The van der Waals surface area contributed by atoms with Gasteiger partial charge in [-0.05, 0) is 48.1 Å². The SMILES string of the molecule is Cc1ccc(I)c(C(C)N)c1F. The number of nitrogens with two attached hydrogens (primary N) is 1. The van der Waals surface area contributed by atoms with E-state index in [0.29, 0.717) is 11.1 Å². The van der Waals surface area contributed by atoms with E-state index in [2.05, 4.69) is 22.6 Å². The summed E-state index contributed by atoms with van der Waals surface area (Å²) in [5.41, 5.74) is 6.92. The quantitative estimate of drug-likeness (QED) is 0.786. The third-order valence-corrected chi connectivity index (χ3v) is 2.72. The Morgan fingerprint density at radius 3 is 2.50 bits per heavy atom. The number of hydrogen-bond acceptors (Lipinski definition) is 1. The van der Waals surface area contributed by atoms with Crippen molar-refractivity contribution >= 4 is 22.6 Å². The van der Waals surface area contributed by atoms with Crippen LogP contribution < -0.4 is 5.73 Å². The second-order valence-electron chi connectivity index (χ2n) is 2.88. The normalized spacial score (nSPS) is 13.1. The molecule has 0 fully saturated rings. The lowest BCUT2D eigenvalue weighted by atomic mass is 10.1. The van der Waals surface area contributed by atoms with Gasteiger partial charge in [0, 0.05) is 15.2 Å². The molecule has 0 aliphatic carbocycles. The molecule has 0 saturated carbocycles. The Bertz CT molecular complexity index is 297. The first-order valence-corrected chi connectivity index (χ1v) is 4.82. The zero-order chi connectivity index (χ0) is 9.30. The van der Waals surface area contributed by atoms with Crippen molar-refractivity contribution in [2.45, 2.75) is 19.9 Å². The van der Waals surface area contributed by atoms with Gasteiger partial charge in [-0.1, -0.05) is 6.07 Å². The summed E-state index contributed by atoms with van der Waals surface area (Å²) in [6.45, 7) is 3.54. The number of hydrogen-bond donors (Lipinski definition) is 1. The van der Waals surface area contributed by atoms with Crippen LogP contribution in [0.15, 0.2) is 12.1 Å². The molecule has 12 heavy (non-hydrogen) atoms. The average molecular weight is 279 g/mol. The lowest BCUT2D eigenvalue weighted by Gasteiger charge is -2.11. The maximum atomic E-state index is 13.4. The highest BCUT2D eigenvalue weighted by molar-refractivity contribution is 14.1. The molecule has 1 aromatic rings. The van der Waals surface area contributed by atoms with Crippen LogP contribution in [0.2, 0.25) is 0 Å². The molecule has 0 saturated heterocycles. The van der Waals surface area contributed by atoms with Crippen LogP contribution in [0.4, 0.5) is 4.39 Å². The van der Waals surface area contributed by atoms with Gasteiger partial charge in [-0.15, -0.1) is 0 Å². The van der Waals surface area contributed by atoms with Gasteiger partial charge < -0.3 is 5.73 Å². The maximum absolute atomic E-state index is 13.4. The number of halogens is 2. The van der Waals surface area contributed by atoms with Gasteiger partial charge >= 0.3 is 0 Å². The topological polar surface area (TPSA) is 26.0 Å². The Hall–Kier alpha value is -0.160. The van der Waals surface area contributed by atoms with Gasteiger partial charge in [0.25, 0.3) is 0 Å². The molecule has 0 aliphatic rings. The van der Waals surface area contributed by atoms with Crippen LogP contribution in [0.5, 0.6) is 0 Å². The molecule has 0 amide bonds. The van der Waals surface area contributed by atoms with Crippen molar-refractivity contribution in [2.75, 3.05) is 0 Å². The first kappa shape index (κ1) is 9.92. The monoisotopic (exact) mass is 279 g/mol. The van der Waals surface area contributed by atoms with Crippen molar-refractivity contribution in [1.82, 2.24) is 0 Å². The van der Waals surface area contributed by atoms with Crippen LogP contribution in [-0.2, 0) is 0 Å². The fourth-order valence-corrected chi connectivity index (χ4v) is 2.00. The molecule has 0 radical (unpaired) electrons. The fourth-order valence-electron chi connectivity index (χ4n) is 1.10. The molecule has 1 nitrogen and oxygen atoms in total. The molecule has 1 atom stereocenters. The number of rotatable bonds is 1. The molecular weight excluding hydrogens is 268 g/mol. The molecule has 3 heteroatoms. The van der Waals surface area contributed by atoms with Crippen LogP contribution in [0, 0.1) is 16.3 Å². The van der Waals surface area contributed by atoms with E-state index < -0.39 is 0 Å². The molecule has 0 aliphatic heterocycles. The molecule has 66 valence electrons. The van der Waals surface area contributed by atoms with Gasteiger partial charge in [-0.3, -0.25) is 0 Å². The summed E-state index contributed by atoms with van der Waals surface area (Å²) in [7, 11) is 0. The minimum atomic E-state index is -0.239. The van der Waals surface area contributed by atoms with Gasteiger partial charge in [0.15, 0.2) is 0 Å². The minimum Gasteiger partial charge on any atom is -0.324 e. The van der Waals surface area contributed by atoms with E-state index in [1.54, 1.807) is 19.9 Å². The van der Waals surface area contributed by atoms with Crippen LogP contribution in [0.25, 0.3) is 0 Å². The molecule has 1 rings (SSSR count). The van der Waals surface area contributed by atoms with Crippen LogP contribution in [0.1, 0.15) is 24.1 Å². The zero-order valence-electron chi connectivity index (χ0n) is 7.07. The van der Waals surface area contributed by atoms with Crippen molar-refractivity contribution in [3.8, 4) is 0 Å². The van der Waals surface area contributed by atoms with E-state index in [-0.39, 0.29) is 11.9 Å². The highest BCUT2D eigenvalue weighted by Gasteiger charge is 2.12. The minimum absolute atomic E-state index is 0.170. The maximum Gasteiger partial charge on any atom is 0.131 e. The first-order chi connectivity index (χ1) is 5.54. The van der Waals surface area contributed by atoms with Crippen LogP contribution in [0.3, 0.4) is 0 Å². The van der Waals surface area contributed by atoms with Gasteiger partial charge in [-0.2, -0.15) is 0 Å². The highest BCUT2D eigenvalue weighted by Crippen LogP contribution is 2.23. The predicted molar refractivity (Wildman–Crippen MR) is 56.5 cm³/mol. The number of aryl methyl sites for hydroxylation is 1. The second-order valence-corrected chi connectivity index (χ2v) is 4.04. The molecule has 1 aromatic carbocycles. The second kappa shape index (κ2) is 3.70. The van der Waals surface area contributed by atoms with Gasteiger partial charge in [0.2, 0.25) is 0 Å². The standard InChI is InChI=1S/C9H11FIN/c1-5-3-4-7(11)8(6(2)12)9(5)10/h3-4,6H,12H2,1-2H3. The van der Waals surface area contributed by atoms with Gasteiger partial charge in [0.1, 0.15) is 5.82 Å². The molecule has 0 heterocycles. The summed E-state index contributed by atoms with van der Waals surface area (Å²) in [6, 6.07) is 3.41. The summed E-state index contributed by atoms with van der Waals surface area (Å²) in [5, 5.41) is 0. The van der Waals surface area contributed by atoms with Gasteiger partial charge in [-0.25, -0.2) is 4.39 Å². The van der Waals surface area contributed by atoms with E-state index in [1.807, 2.05) is 6.07 Å². The Balaban J connectivity index is 3.33. The van der Waals surface area contributed by atoms with E-state index >= 15 is 0 Å². The van der Waals surface area contributed by atoms with Crippen molar-refractivity contribution in [1.29, 1.82) is 0 Å².